The standard InChI is InChI=1S/C22H23NO2S2/c1-15(2)13-23-21(24)20(27-22(23)26)12-17-7-9-19(10-8-17)25-14-18-6-4-5-16(3)11-18/h4-12,15H,13-14H2,1-3H3. The van der Waals surface area contributed by atoms with Gasteiger partial charge in [0.25, 0.3) is 5.91 Å². The molecule has 3 nitrogen and oxygen atoms in total. The smallest absolute Gasteiger partial charge is 0.266 e. The van der Waals surface area contributed by atoms with Gasteiger partial charge in [0, 0.05) is 6.54 Å². The number of hydrogen-bond acceptors (Lipinski definition) is 4. The first-order chi connectivity index (χ1) is 12.9. The molecule has 3 rings (SSSR count). The van der Waals surface area contributed by atoms with E-state index in [9.17, 15) is 4.79 Å². The second-order valence-corrected chi connectivity index (χ2v) is 8.71. The van der Waals surface area contributed by atoms with Crippen molar-refractivity contribution in [3.8, 4) is 5.75 Å². The van der Waals surface area contributed by atoms with Crippen LogP contribution in [0.2, 0.25) is 0 Å². The van der Waals surface area contributed by atoms with Crippen molar-refractivity contribution >= 4 is 40.3 Å². The highest BCUT2D eigenvalue weighted by Gasteiger charge is 2.32. The Hall–Kier alpha value is -2.11. The summed E-state index contributed by atoms with van der Waals surface area (Å²) >= 11 is 6.72. The molecule has 0 aromatic heterocycles. The lowest BCUT2D eigenvalue weighted by molar-refractivity contribution is -0.122. The second-order valence-electron chi connectivity index (χ2n) is 7.03. The molecule has 0 unspecified atom stereocenters. The molecule has 2 aromatic carbocycles. The van der Waals surface area contributed by atoms with Gasteiger partial charge in [-0.1, -0.05) is 79.8 Å². The summed E-state index contributed by atoms with van der Waals surface area (Å²) in [4.78, 5) is 14.9. The Kier molecular flexibility index (Phi) is 6.34. The number of hydrogen-bond donors (Lipinski definition) is 0. The normalized spacial score (nSPS) is 15.9. The number of rotatable bonds is 6. The third-order valence-corrected chi connectivity index (χ3v) is 5.46. The molecular weight excluding hydrogens is 374 g/mol. The van der Waals surface area contributed by atoms with Crippen molar-refractivity contribution in [2.75, 3.05) is 6.54 Å². The van der Waals surface area contributed by atoms with Crippen LogP contribution in [0.1, 0.15) is 30.5 Å². The number of carbonyl (C=O) groups is 1. The first kappa shape index (κ1) is 19.6. The fourth-order valence-corrected chi connectivity index (χ4v) is 4.08. The average Bonchev–Trinajstić information content (AvgIpc) is 2.88. The Morgan fingerprint density at radius 2 is 1.93 bits per heavy atom. The van der Waals surface area contributed by atoms with Crippen molar-refractivity contribution in [1.82, 2.24) is 4.90 Å². The Labute approximate surface area is 170 Å². The van der Waals surface area contributed by atoms with Crippen molar-refractivity contribution in [2.24, 2.45) is 5.92 Å². The molecule has 0 N–H and O–H groups in total. The summed E-state index contributed by atoms with van der Waals surface area (Å²) in [7, 11) is 0. The zero-order chi connectivity index (χ0) is 19.4. The highest BCUT2D eigenvalue weighted by Crippen LogP contribution is 2.33. The molecule has 0 aliphatic carbocycles. The summed E-state index contributed by atoms with van der Waals surface area (Å²) in [6.07, 6.45) is 1.89. The van der Waals surface area contributed by atoms with Gasteiger partial charge in [-0.3, -0.25) is 9.69 Å². The number of benzene rings is 2. The Bertz CT molecular complexity index is 872. The van der Waals surface area contributed by atoms with Gasteiger partial charge in [0.15, 0.2) is 0 Å². The average molecular weight is 398 g/mol. The predicted molar refractivity (Wildman–Crippen MR) is 117 cm³/mol. The van der Waals surface area contributed by atoms with Crippen molar-refractivity contribution < 1.29 is 9.53 Å². The number of thioether (sulfide) groups is 1. The Balaban J connectivity index is 1.64. The zero-order valence-corrected chi connectivity index (χ0v) is 17.4. The van der Waals surface area contributed by atoms with Gasteiger partial charge in [0.1, 0.15) is 16.7 Å². The maximum atomic E-state index is 12.5. The van der Waals surface area contributed by atoms with Crippen LogP contribution in [-0.4, -0.2) is 21.7 Å². The van der Waals surface area contributed by atoms with E-state index in [0.717, 1.165) is 16.9 Å². The highest BCUT2D eigenvalue weighted by molar-refractivity contribution is 8.26. The van der Waals surface area contributed by atoms with Gasteiger partial charge < -0.3 is 4.74 Å². The van der Waals surface area contributed by atoms with Gasteiger partial charge in [-0.25, -0.2) is 0 Å². The van der Waals surface area contributed by atoms with E-state index in [1.54, 1.807) is 4.90 Å². The first-order valence-electron chi connectivity index (χ1n) is 8.96. The maximum Gasteiger partial charge on any atom is 0.266 e. The zero-order valence-electron chi connectivity index (χ0n) is 15.8. The molecule has 140 valence electrons. The van der Waals surface area contributed by atoms with Crippen LogP contribution in [0.25, 0.3) is 6.08 Å². The van der Waals surface area contributed by atoms with Crippen LogP contribution >= 0.6 is 24.0 Å². The molecule has 1 amide bonds. The van der Waals surface area contributed by atoms with Crippen molar-refractivity contribution in [3.63, 3.8) is 0 Å². The number of amides is 1. The van der Waals surface area contributed by atoms with Crippen LogP contribution in [0, 0.1) is 12.8 Å². The molecule has 0 radical (unpaired) electrons. The minimum Gasteiger partial charge on any atom is -0.489 e. The van der Waals surface area contributed by atoms with Crippen LogP contribution in [0.5, 0.6) is 5.75 Å². The van der Waals surface area contributed by atoms with Crippen molar-refractivity contribution in [2.45, 2.75) is 27.4 Å². The molecule has 0 saturated carbocycles. The minimum absolute atomic E-state index is 0.00141. The van der Waals surface area contributed by atoms with E-state index in [2.05, 4.69) is 39.0 Å². The first-order valence-corrected chi connectivity index (χ1v) is 10.2. The van der Waals surface area contributed by atoms with Crippen LogP contribution in [-0.2, 0) is 11.4 Å². The van der Waals surface area contributed by atoms with Gasteiger partial charge >= 0.3 is 0 Å². The van der Waals surface area contributed by atoms with E-state index < -0.39 is 0 Å². The van der Waals surface area contributed by atoms with E-state index >= 15 is 0 Å². The minimum atomic E-state index is -0.00141. The summed E-state index contributed by atoms with van der Waals surface area (Å²) < 4.78 is 6.49. The van der Waals surface area contributed by atoms with Crippen LogP contribution < -0.4 is 4.74 Å². The van der Waals surface area contributed by atoms with Crippen molar-refractivity contribution in [3.05, 3.63) is 70.1 Å². The second kappa shape index (κ2) is 8.72. The highest BCUT2D eigenvalue weighted by atomic mass is 32.2. The van der Waals surface area contributed by atoms with Crippen molar-refractivity contribution in [1.29, 1.82) is 0 Å². The van der Waals surface area contributed by atoms with Crippen LogP contribution in [0.3, 0.4) is 0 Å². The lowest BCUT2D eigenvalue weighted by atomic mass is 10.1. The summed E-state index contributed by atoms with van der Waals surface area (Å²) in [6, 6.07) is 16.1. The van der Waals surface area contributed by atoms with E-state index in [1.165, 1.54) is 17.3 Å². The molecule has 1 aliphatic heterocycles. The predicted octanol–water partition coefficient (Wildman–Crippen LogP) is 5.43. The number of carbonyl (C=O) groups excluding carboxylic acids is 1. The fraction of sp³-hybridized carbons (Fsp3) is 0.273. The van der Waals surface area contributed by atoms with Gasteiger partial charge in [-0.2, -0.15) is 0 Å². The monoisotopic (exact) mass is 397 g/mol. The van der Waals surface area contributed by atoms with Crippen LogP contribution in [0.4, 0.5) is 0 Å². The topological polar surface area (TPSA) is 29.5 Å². The molecule has 27 heavy (non-hydrogen) atoms. The number of nitrogens with zero attached hydrogens (tertiary/aromatic N) is 1. The number of ether oxygens (including phenoxy) is 1. The lowest BCUT2D eigenvalue weighted by Gasteiger charge is -2.16. The van der Waals surface area contributed by atoms with Gasteiger partial charge in [0.05, 0.1) is 4.91 Å². The van der Waals surface area contributed by atoms with Crippen LogP contribution in [0.15, 0.2) is 53.4 Å². The quantitative estimate of drug-likeness (QED) is 0.480. The fourth-order valence-electron chi connectivity index (χ4n) is 2.80. The third-order valence-electron chi connectivity index (χ3n) is 4.09. The third kappa shape index (κ3) is 5.21. The van der Waals surface area contributed by atoms with E-state index in [4.69, 9.17) is 17.0 Å². The Morgan fingerprint density at radius 1 is 1.19 bits per heavy atom. The SMILES string of the molecule is Cc1cccc(COc2ccc(C=C3SC(=S)N(CC(C)C)C3=O)cc2)c1. The molecule has 0 spiro atoms. The van der Waals surface area contributed by atoms with E-state index in [0.29, 0.717) is 28.3 Å². The summed E-state index contributed by atoms with van der Waals surface area (Å²) in [6.45, 7) is 7.43. The molecule has 1 saturated heterocycles. The molecule has 0 atom stereocenters. The van der Waals surface area contributed by atoms with E-state index in [1.807, 2.05) is 36.4 Å². The van der Waals surface area contributed by atoms with E-state index in [-0.39, 0.29) is 5.91 Å². The molecule has 1 heterocycles. The molecule has 2 aromatic rings. The Morgan fingerprint density at radius 3 is 2.59 bits per heavy atom. The molecular formula is C22H23NO2S2. The van der Waals surface area contributed by atoms with Gasteiger partial charge in [-0.15, -0.1) is 0 Å². The summed E-state index contributed by atoms with van der Waals surface area (Å²) in [5.74, 6) is 1.19. The lowest BCUT2D eigenvalue weighted by Crippen LogP contribution is -2.31. The summed E-state index contributed by atoms with van der Waals surface area (Å²) in [5, 5.41) is 0. The molecule has 1 fully saturated rings. The number of aryl methyl sites for hydroxylation is 1. The molecule has 0 bridgehead atoms. The maximum absolute atomic E-state index is 12.5. The number of thiocarbonyl (C=S) groups is 1. The summed E-state index contributed by atoms with van der Waals surface area (Å²) in [5.41, 5.74) is 3.33. The largest absolute Gasteiger partial charge is 0.489 e. The van der Waals surface area contributed by atoms with Gasteiger partial charge in [0.2, 0.25) is 0 Å². The molecule has 1 aliphatic rings. The molecule has 5 heteroatoms. The van der Waals surface area contributed by atoms with Gasteiger partial charge in [-0.05, 0) is 42.2 Å².